The first-order valence-corrected chi connectivity index (χ1v) is 14.6. The fourth-order valence-electron chi connectivity index (χ4n) is 4.03. The number of halogens is 1. The highest BCUT2D eigenvalue weighted by Crippen LogP contribution is 2.30. The smallest absolute Gasteiger partial charge is 0.281 e. The van der Waals surface area contributed by atoms with Crippen molar-refractivity contribution in [3.63, 3.8) is 0 Å². The quantitative estimate of drug-likeness (QED) is 0.239. The third kappa shape index (κ3) is 8.11. The molecule has 0 aliphatic rings. The Labute approximate surface area is 239 Å². The van der Waals surface area contributed by atoms with Gasteiger partial charge in [0.05, 0.1) is 12.3 Å². The van der Waals surface area contributed by atoms with Crippen LogP contribution in [0.4, 0.5) is 4.39 Å². The van der Waals surface area contributed by atoms with E-state index in [0.29, 0.717) is 30.0 Å². The second-order valence-electron chi connectivity index (χ2n) is 10.6. The van der Waals surface area contributed by atoms with E-state index in [9.17, 15) is 17.6 Å². The lowest BCUT2D eigenvalue weighted by molar-refractivity contribution is 0.0916. The van der Waals surface area contributed by atoms with E-state index in [1.807, 2.05) is 62.7 Å². The summed E-state index contributed by atoms with van der Waals surface area (Å²) in [7, 11) is -4.26. The standard InChI is InChI=1S/C31H32FN3O5S/c1-21(2)20-39-25-17-23(16-24(32)18-25)27-14-13-26(29(36)35-41(37,38)28-12-8-9-15-33-28)30(34-27)40-31(3,4)19-22-10-6-5-7-11-22/h5-18,21H,19-20H2,1-4H3,(H,35,36). The summed E-state index contributed by atoms with van der Waals surface area (Å²) in [6, 6.07) is 21.1. The van der Waals surface area contributed by atoms with Crippen LogP contribution in [0.2, 0.25) is 0 Å². The minimum absolute atomic E-state index is 0.105. The van der Waals surface area contributed by atoms with Crippen LogP contribution in [0.15, 0.2) is 90.1 Å². The molecule has 8 nitrogen and oxygen atoms in total. The molecule has 1 N–H and O–H groups in total. The van der Waals surface area contributed by atoms with Crippen LogP contribution >= 0.6 is 0 Å². The van der Waals surface area contributed by atoms with Crippen LogP contribution < -0.4 is 14.2 Å². The summed E-state index contributed by atoms with van der Waals surface area (Å²) in [6.45, 7) is 8.05. The van der Waals surface area contributed by atoms with Crippen LogP contribution in [-0.2, 0) is 16.4 Å². The molecule has 0 fully saturated rings. The Bertz CT molecular complexity index is 1610. The summed E-state index contributed by atoms with van der Waals surface area (Å²) < 4.78 is 54.2. The van der Waals surface area contributed by atoms with Crippen molar-refractivity contribution in [1.29, 1.82) is 0 Å². The number of pyridine rings is 2. The third-order valence-electron chi connectivity index (χ3n) is 5.84. The van der Waals surface area contributed by atoms with E-state index in [1.54, 1.807) is 12.1 Å². The van der Waals surface area contributed by atoms with Gasteiger partial charge >= 0.3 is 0 Å². The molecule has 4 aromatic rings. The Morgan fingerprint density at radius 1 is 1.00 bits per heavy atom. The maximum atomic E-state index is 14.5. The number of nitrogens with one attached hydrogen (secondary N) is 1. The maximum absolute atomic E-state index is 14.5. The fraction of sp³-hybridized carbons (Fsp3) is 0.258. The average molecular weight is 578 g/mol. The van der Waals surface area contributed by atoms with Crippen LogP contribution in [0.1, 0.15) is 43.6 Å². The van der Waals surface area contributed by atoms with Crippen molar-refractivity contribution in [3.8, 4) is 22.9 Å². The summed E-state index contributed by atoms with van der Waals surface area (Å²) in [6.07, 6.45) is 1.79. The molecule has 214 valence electrons. The van der Waals surface area contributed by atoms with Gasteiger partial charge in [0.25, 0.3) is 15.9 Å². The molecule has 0 aliphatic heterocycles. The minimum atomic E-state index is -4.26. The number of sulfonamides is 1. The lowest BCUT2D eigenvalue weighted by Gasteiger charge is -2.27. The molecule has 0 atom stereocenters. The number of benzene rings is 2. The molecule has 0 saturated heterocycles. The Morgan fingerprint density at radius 2 is 1.73 bits per heavy atom. The number of ether oxygens (including phenoxy) is 2. The molecule has 0 aliphatic carbocycles. The van der Waals surface area contributed by atoms with E-state index >= 15 is 0 Å². The number of amides is 1. The van der Waals surface area contributed by atoms with Gasteiger partial charge in [-0.25, -0.2) is 19.1 Å². The number of nitrogens with zero attached hydrogens (tertiary/aromatic N) is 2. The Kier molecular flexibility index (Phi) is 9.02. The number of aromatic nitrogens is 2. The molecule has 0 bridgehead atoms. The van der Waals surface area contributed by atoms with Gasteiger partial charge in [-0.3, -0.25) is 4.79 Å². The van der Waals surface area contributed by atoms with Crippen molar-refractivity contribution < 1.29 is 27.1 Å². The summed E-state index contributed by atoms with van der Waals surface area (Å²) in [5.41, 5.74) is 0.752. The van der Waals surface area contributed by atoms with Crippen LogP contribution in [-0.4, -0.2) is 36.5 Å². The van der Waals surface area contributed by atoms with E-state index in [2.05, 4.69) is 9.97 Å². The van der Waals surface area contributed by atoms with E-state index < -0.39 is 27.3 Å². The predicted octanol–water partition coefficient (Wildman–Crippen LogP) is 5.84. The predicted molar refractivity (Wildman–Crippen MR) is 154 cm³/mol. The zero-order valence-corrected chi connectivity index (χ0v) is 24.1. The zero-order chi connectivity index (χ0) is 29.6. The summed E-state index contributed by atoms with van der Waals surface area (Å²) in [5.74, 6) is -0.984. The van der Waals surface area contributed by atoms with Gasteiger partial charge in [-0.2, -0.15) is 8.42 Å². The SMILES string of the molecule is CC(C)COc1cc(F)cc(-c2ccc(C(=O)NS(=O)(=O)c3ccccn3)c(OC(C)(C)Cc3ccccc3)n2)c1. The van der Waals surface area contributed by atoms with Gasteiger partial charge in [-0.1, -0.05) is 50.2 Å². The molecule has 4 rings (SSSR count). The molecule has 1 amide bonds. The topological polar surface area (TPSA) is 107 Å². The second-order valence-corrected chi connectivity index (χ2v) is 12.2. The Morgan fingerprint density at radius 3 is 2.41 bits per heavy atom. The van der Waals surface area contributed by atoms with Crippen LogP contribution in [0.3, 0.4) is 0 Å². The van der Waals surface area contributed by atoms with E-state index in [1.165, 1.54) is 42.6 Å². The normalized spacial score (nSPS) is 11.8. The summed E-state index contributed by atoms with van der Waals surface area (Å²) >= 11 is 0. The second kappa shape index (κ2) is 12.5. The molecule has 10 heteroatoms. The molecule has 2 aromatic carbocycles. The highest BCUT2D eigenvalue weighted by atomic mass is 32.2. The lowest BCUT2D eigenvalue weighted by Crippen LogP contribution is -2.35. The number of carbonyl (C=O) groups excluding carboxylic acids is 1. The number of rotatable bonds is 11. The molecule has 0 spiro atoms. The molecule has 2 heterocycles. The molecule has 0 radical (unpaired) electrons. The molecular formula is C31H32FN3O5S. The van der Waals surface area contributed by atoms with Gasteiger partial charge in [0.2, 0.25) is 5.88 Å². The van der Waals surface area contributed by atoms with Gasteiger partial charge in [-0.05, 0) is 61.7 Å². The first-order valence-electron chi connectivity index (χ1n) is 13.1. The van der Waals surface area contributed by atoms with Crippen molar-refractivity contribution in [2.45, 2.75) is 44.7 Å². The summed E-state index contributed by atoms with van der Waals surface area (Å²) in [5, 5.41) is -0.307. The number of hydrogen-bond donors (Lipinski definition) is 1. The molecule has 0 saturated carbocycles. The lowest BCUT2D eigenvalue weighted by atomic mass is 9.98. The van der Waals surface area contributed by atoms with E-state index in [4.69, 9.17) is 9.47 Å². The number of hydrogen-bond acceptors (Lipinski definition) is 7. The van der Waals surface area contributed by atoms with Crippen molar-refractivity contribution in [3.05, 3.63) is 102 Å². The molecular weight excluding hydrogens is 545 g/mol. The molecule has 0 unspecified atom stereocenters. The Balaban J connectivity index is 1.72. The highest BCUT2D eigenvalue weighted by molar-refractivity contribution is 7.90. The minimum Gasteiger partial charge on any atom is -0.493 e. The van der Waals surface area contributed by atoms with Crippen molar-refractivity contribution in [2.75, 3.05) is 6.61 Å². The highest BCUT2D eigenvalue weighted by Gasteiger charge is 2.28. The fourth-order valence-corrected chi connectivity index (χ4v) is 4.95. The van der Waals surface area contributed by atoms with Crippen LogP contribution in [0, 0.1) is 11.7 Å². The van der Waals surface area contributed by atoms with Crippen LogP contribution in [0.25, 0.3) is 11.3 Å². The van der Waals surface area contributed by atoms with E-state index in [-0.39, 0.29) is 22.4 Å². The van der Waals surface area contributed by atoms with Gasteiger partial charge in [0.15, 0.2) is 5.03 Å². The van der Waals surface area contributed by atoms with Gasteiger partial charge in [0.1, 0.15) is 22.7 Å². The first kappa shape index (κ1) is 29.7. The number of carbonyl (C=O) groups is 1. The van der Waals surface area contributed by atoms with Gasteiger partial charge in [0, 0.05) is 24.2 Å². The van der Waals surface area contributed by atoms with Crippen molar-refractivity contribution in [1.82, 2.24) is 14.7 Å². The Hall–Kier alpha value is -4.31. The first-order chi connectivity index (χ1) is 19.4. The van der Waals surface area contributed by atoms with Gasteiger partial charge < -0.3 is 9.47 Å². The molecule has 2 aromatic heterocycles. The van der Waals surface area contributed by atoms with Crippen LogP contribution in [0.5, 0.6) is 11.6 Å². The summed E-state index contributed by atoms with van der Waals surface area (Å²) in [4.78, 5) is 21.7. The monoisotopic (exact) mass is 577 g/mol. The largest absolute Gasteiger partial charge is 0.493 e. The maximum Gasteiger partial charge on any atom is 0.281 e. The third-order valence-corrected chi connectivity index (χ3v) is 7.09. The van der Waals surface area contributed by atoms with Crippen molar-refractivity contribution in [2.24, 2.45) is 5.92 Å². The molecule has 41 heavy (non-hydrogen) atoms. The van der Waals surface area contributed by atoms with E-state index in [0.717, 1.165) is 5.56 Å². The zero-order valence-electron chi connectivity index (χ0n) is 23.3. The average Bonchev–Trinajstić information content (AvgIpc) is 2.92. The van der Waals surface area contributed by atoms with Crippen molar-refractivity contribution >= 4 is 15.9 Å². The van der Waals surface area contributed by atoms with Gasteiger partial charge in [-0.15, -0.1) is 0 Å².